The molecular formula is C26H36F2. The van der Waals surface area contributed by atoms with Gasteiger partial charge < -0.3 is 0 Å². The zero-order valence-corrected chi connectivity index (χ0v) is 17.7. The molecule has 0 aliphatic heterocycles. The van der Waals surface area contributed by atoms with E-state index in [4.69, 9.17) is 0 Å². The predicted molar refractivity (Wildman–Crippen MR) is 115 cm³/mol. The molecule has 2 aliphatic carbocycles. The molecule has 0 radical (unpaired) electrons. The minimum absolute atomic E-state index is 0.471. The van der Waals surface area contributed by atoms with Gasteiger partial charge in [0.2, 0.25) is 0 Å². The van der Waals surface area contributed by atoms with Crippen molar-refractivity contribution in [2.75, 3.05) is 0 Å². The zero-order valence-electron chi connectivity index (χ0n) is 17.7. The first-order chi connectivity index (χ1) is 13.6. The van der Waals surface area contributed by atoms with Gasteiger partial charge in [-0.05, 0) is 86.7 Å². The van der Waals surface area contributed by atoms with Gasteiger partial charge in [0.25, 0.3) is 0 Å². The Morgan fingerprint density at radius 2 is 1.68 bits per heavy atom. The largest absolute Gasteiger partial charge is 0.203 e. The molecule has 1 atom stereocenters. The standard InChI is InChI=1S/C26H36F2/c1-3-19-9-11-21(12-10-19)7-5-6-8-23-17-18-24(26(28)25(23)27)22-15-13-20(4-2)14-16-22/h5,7,15,17-21H,3-4,6,8-14,16H2,1-2H3. The van der Waals surface area contributed by atoms with E-state index in [2.05, 4.69) is 32.1 Å². The van der Waals surface area contributed by atoms with Crippen LogP contribution in [0.4, 0.5) is 8.78 Å². The Bertz CT molecular complexity index is 693. The fourth-order valence-electron chi connectivity index (χ4n) is 4.85. The maximum atomic E-state index is 14.7. The highest BCUT2D eigenvalue weighted by Crippen LogP contribution is 2.34. The van der Waals surface area contributed by atoms with Crippen molar-refractivity contribution < 1.29 is 8.78 Å². The van der Waals surface area contributed by atoms with Crippen LogP contribution in [0.15, 0.2) is 30.4 Å². The molecule has 1 unspecified atom stereocenters. The summed E-state index contributed by atoms with van der Waals surface area (Å²) in [6.45, 7) is 4.48. The third-order valence-corrected chi connectivity index (χ3v) is 7.06. The quantitative estimate of drug-likeness (QED) is 0.414. The lowest BCUT2D eigenvalue weighted by Gasteiger charge is -2.25. The lowest BCUT2D eigenvalue weighted by Crippen LogP contribution is -2.12. The van der Waals surface area contributed by atoms with Crippen LogP contribution in [0.1, 0.15) is 89.2 Å². The maximum absolute atomic E-state index is 14.7. The Labute approximate surface area is 170 Å². The van der Waals surface area contributed by atoms with Crippen molar-refractivity contribution in [2.45, 2.75) is 84.5 Å². The number of benzene rings is 1. The maximum Gasteiger partial charge on any atom is 0.166 e. The number of halogens is 2. The van der Waals surface area contributed by atoms with E-state index in [1.807, 2.05) is 0 Å². The van der Waals surface area contributed by atoms with E-state index in [1.165, 1.54) is 32.1 Å². The van der Waals surface area contributed by atoms with E-state index < -0.39 is 11.6 Å². The van der Waals surface area contributed by atoms with Crippen molar-refractivity contribution in [1.82, 2.24) is 0 Å². The summed E-state index contributed by atoms with van der Waals surface area (Å²) in [5.74, 6) is 0.984. The minimum Gasteiger partial charge on any atom is -0.203 e. The summed E-state index contributed by atoms with van der Waals surface area (Å²) < 4.78 is 29.3. The summed E-state index contributed by atoms with van der Waals surface area (Å²) in [5.41, 5.74) is 1.96. The topological polar surface area (TPSA) is 0 Å². The van der Waals surface area contributed by atoms with E-state index in [0.29, 0.717) is 29.4 Å². The molecule has 0 nitrogen and oxygen atoms in total. The minimum atomic E-state index is -0.652. The molecule has 2 heteroatoms. The number of allylic oxidation sites excluding steroid dienone is 4. The van der Waals surface area contributed by atoms with Crippen LogP contribution in [0.2, 0.25) is 0 Å². The Hall–Kier alpha value is -1.44. The second-order valence-electron chi connectivity index (χ2n) is 8.83. The van der Waals surface area contributed by atoms with Gasteiger partial charge in [0.1, 0.15) is 0 Å². The summed E-state index contributed by atoms with van der Waals surface area (Å²) >= 11 is 0. The van der Waals surface area contributed by atoms with Crippen LogP contribution in [0, 0.1) is 29.4 Å². The van der Waals surface area contributed by atoms with E-state index in [-0.39, 0.29) is 0 Å². The molecular weight excluding hydrogens is 350 g/mol. The van der Waals surface area contributed by atoms with Crippen molar-refractivity contribution in [3.63, 3.8) is 0 Å². The van der Waals surface area contributed by atoms with Crippen LogP contribution in [-0.4, -0.2) is 0 Å². The predicted octanol–water partition coefficient (Wildman–Crippen LogP) is 8.26. The highest BCUT2D eigenvalue weighted by atomic mass is 19.2. The fraction of sp³-hybridized carbons (Fsp3) is 0.615. The first kappa shape index (κ1) is 21.3. The third-order valence-electron chi connectivity index (χ3n) is 7.06. The van der Waals surface area contributed by atoms with Gasteiger partial charge in [0.15, 0.2) is 11.6 Å². The molecule has 0 N–H and O–H groups in total. The van der Waals surface area contributed by atoms with Gasteiger partial charge in [-0.2, -0.15) is 0 Å². The van der Waals surface area contributed by atoms with Crippen molar-refractivity contribution in [1.29, 1.82) is 0 Å². The van der Waals surface area contributed by atoms with Crippen LogP contribution in [0.5, 0.6) is 0 Å². The van der Waals surface area contributed by atoms with E-state index in [1.54, 1.807) is 12.1 Å². The molecule has 2 aliphatic rings. The molecule has 28 heavy (non-hydrogen) atoms. The smallest absolute Gasteiger partial charge is 0.166 e. The molecule has 1 saturated carbocycles. The Morgan fingerprint density at radius 1 is 0.929 bits per heavy atom. The molecule has 1 aromatic rings. The van der Waals surface area contributed by atoms with Gasteiger partial charge in [-0.1, -0.05) is 57.0 Å². The molecule has 3 rings (SSSR count). The highest BCUT2D eigenvalue weighted by Gasteiger charge is 2.20. The monoisotopic (exact) mass is 386 g/mol. The van der Waals surface area contributed by atoms with Crippen LogP contribution in [-0.2, 0) is 6.42 Å². The second kappa shape index (κ2) is 10.4. The van der Waals surface area contributed by atoms with Crippen LogP contribution < -0.4 is 0 Å². The molecule has 0 aromatic heterocycles. The molecule has 1 aromatic carbocycles. The van der Waals surface area contributed by atoms with Crippen LogP contribution in [0.3, 0.4) is 0 Å². The van der Waals surface area contributed by atoms with Gasteiger partial charge in [0.05, 0.1) is 0 Å². The van der Waals surface area contributed by atoms with Crippen LogP contribution in [0.25, 0.3) is 5.57 Å². The average Bonchev–Trinajstić information content (AvgIpc) is 2.74. The van der Waals surface area contributed by atoms with Crippen molar-refractivity contribution >= 4 is 5.57 Å². The van der Waals surface area contributed by atoms with Crippen molar-refractivity contribution in [3.8, 4) is 0 Å². The van der Waals surface area contributed by atoms with Gasteiger partial charge in [-0.25, -0.2) is 8.78 Å². The van der Waals surface area contributed by atoms with Crippen LogP contribution >= 0.6 is 0 Å². The van der Waals surface area contributed by atoms with E-state index in [9.17, 15) is 8.78 Å². The molecule has 0 heterocycles. The van der Waals surface area contributed by atoms with Crippen molar-refractivity contribution in [3.05, 3.63) is 53.1 Å². The number of rotatable bonds is 7. The van der Waals surface area contributed by atoms with Crippen molar-refractivity contribution in [2.24, 2.45) is 17.8 Å². The molecule has 1 fully saturated rings. The molecule has 0 amide bonds. The summed E-state index contributed by atoms with van der Waals surface area (Å²) in [5, 5.41) is 0. The van der Waals surface area contributed by atoms with Gasteiger partial charge in [-0.3, -0.25) is 0 Å². The average molecular weight is 387 g/mol. The lowest BCUT2D eigenvalue weighted by atomic mass is 9.80. The van der Waals surface area contributed by atoms with Gasteiger partial charge >= 0.3 is 0 Å². The number of hydrogen-bond acceptors (Lipinski definition) is 0. The normalized spacial score (nSPS) is 25.9. The number of aryl methyl sites for hydroxylation is 1. The lowest BCUT2D eigenvalue weighted by molar-refractivity contribution is 0.303. The zero-order chi connectivity index (χ0) is 19.9. The second-order valence-corrected chi connectivity index (χ2v) is 8.83. The summed E-state index contributed by atoms with van der Waals surface area (Å²) in [6, 6.07) is 3.59. The van der Waals surface area contributed by atoms with Gasteiger partial charge in [-0.15, -0.1) is 0 Å². The van der Waals surface area contributed by atoms with E-state index in [0.717, 1.165) is 43.6 Å². The molecule has 154 valence electrons. The highest BCUT2D eigenvalue weighted by molar-refractivity contribution is 5.67. The summed E-state index contributed by atoms with van der Waals surface area (Å²) in [6.07, 6.45) is 18.6. The Balaban J connectivity index is 1.55. The Kier molecular flexibility index (Phi) is 7.88. The summed E-state index contributed by atoms with van der Waals surface area (Å²) in [7, 11) is 0. The Morgan fingerprint density at radius 3 is 2.32 bits per heavy atom. The summed E-state index contributed by atoms with van der Waals surface area (Å²) in [4.78, 5) is 0. The first-order valence-corrected chi connectivity index (χ1v) is 11.4. The molecule has 0 bridgehead atoms. The first-order valence-electron chi connectivity index (χ1n) is 11.4. The molecule has 0 saturated heterocycles. The van der Waals surface area contributed by atoms with E-state index >= 15 is 0 Å². The third kappa shape index (κ3) is 5.33. The van der Waals surface area contributed by atoms with Gasteiger partial charge in [0, 0.05) is 5.56 Å². The molecule has 0 spiro atoms. The fourth-order valence-corrected chi connectivity index (χ4v) is 4.85. The number of hydrogen-bond donors (Lipinski definition) is 0. The SMILES string of the molecule is CCC1CC=C(c2ccc(CCC=CC3CCC(CC)CC3)c(F)c2F)CC1.